The molecule has 1 N–H and O–H groups in total. The number of hydrogen-bond donors (Lipinski definition) is 1. The normalized spacial score (nSPS) is 11.4. The quantitative estimate of drug-likeness (QED) is 0.752. The van der Waals surface area contributed by atoms with Crippen LogP contribution in [0.3, 0.4) is 0 Å². The maximum absolute atomic E-state index is 12.4. The first-order valence-corrected chi connectivity index (χ1v) is 10.2. The number of amides is 1. The average molecular weight is 391 g/mol. The number of benzene rings is 2. The zero-order chi connectivity index (χ0) is 20.0. The molecule has 0 saturated heterocycles. The molecule has 7 heteroatoms. The zero-order valence-electron chi connectivity index (χ0n) is 16.1. The van der Waals surface area contributed by atoms with Gasteiger partial charge >= 0.3 is 0 Å². The molecule has 0 aliphatic rings. The van der Waals surface area contributed by atoms with Crippen molar-refractivity contribution in [1.82, 2.24) is 4.72 Å². The Morgan fingerprint density at radius 3 is 2.19 bits per heavy atom. The van der Waals surface area contributed by atoms with Gasteiger partial charge in [0.25, 0.3) is 0 Å². The van der Waals surface area contributed by atoms with Gasteiger partial charge in [0.2, 0.25) is 15.9 Å². The number of methoxy groups -OCH3 is 1. The van der Waals surface area contributed by atoms with E-state index >= 15 is 0 Å². The Bertz CT molecular complexity index is 860. The molecule has 0 unspecified atom stereocenters. The number of rotatable bonds is 8. The van der Waals surface area contributed by atoms with E-state index in [1.807, 2.05) is 24.3 Å². The highest BCUT2D eigenvalue weighted by atomic mass is 32.2. The van der Waals surface area contributed by atoms with E-state index < -0.39 is 10.0 Å². The SMILES string of the molecule is COc1ccc(N(C)C(=O)CCc2ccc(S(=O)(=O)NC(C)C)cc2)cc1. The Morgan fingerprint density at radius 1 is 1.07 bits per heavy atom. The summed E-state index contributed by atoms with van der Waals surface area (Å²) in [5.74, 6) is 0.722. The summed E-state index contributed by atoms with van der Waals surface area (Å²) >= 11 is 0. The molecule has 0 saturated carbocycles. The minimum absolute atomic E-state index is 0.0154. The topological polar surface area (TPSA) is 75.7 Å². The van der Waals surface area contributed by atoms with Crippen molar-refractivity contribution in [2.45, 2.75) is 37.6 Å². The van der Waals surface area contributed by atoms with E-state index in [0.29, 0.717) is 12.8 Å². The average Bonchev–Trinajstić information content (AvgIpc) is 2.65. The predicted octanol–water partition coefficient (Wildman–Crippen LogP) is 2.98. The Kier molecular flexibility index (Phi) is 6.98. The molecule has 2 aromatic carbocycles. The van der Waals surface area contributed by atoms with Gasteiger partial charge in [-0.3, -0.25) is 4.79 Å². The number of nitrogens with one attached hydrogen (secondary N) is 1. The van der Waals surface area contributed by atoms with Crippen molar-refractivity contribution in [3.63, 3.8) is 0 Å². The van der Waals surface area contributed by atoms with Crippen LogP contribution in [0.25, 0.3) is 0 Å². The van der Waals surface area contributed by atoms with Crippen molar-refractivity contribution in [2.24, 2.45) is 0 Å². The summed E-state index contributed by atoms with van der Waals surface area (Å²) in [6.07, 6.45) is 0.871. The molecule has 0 fully saturated rings. The van der Waals surface area contributed by atoms with E-state index in [0.717, 1.165) is 17.0 Å². The lowest BCUT2D eigenvalue weighted by molar-refractivity contribution is -0.118. The summed E-state index contributed by atoms with van der Waals surface area (Å²) in [6, 6.07) is 13.7. The molecule has 1 amide bonds. The molecule has 0 aliphatic carbocycles. The van der Waals surface area contributed by atoms with Crippen molar-refractivity contribution < 1.29 is 17.9 Å². The highest BCUT2D eigenvalue weighted by Gasteiger charge is 2.15. The van der Waals surface area contributed by atoms with Gasteiger partial charge in [0, 0.05) is 25.2 Å². The van der Waals surface area contributed by atoms with E-state index in [-0.39, 0.29) is 16.8 Å². The number of carbonyl (C=O) groups is 1. The molecule has 6 nitrogen and oxygen atoms in total. The Morgan fingerprint density at radius 2 is 1.67 bits per heavy atom. The fraction of sp³-hybridized carbons (Fsp3) is 0.350. The second kappa shape index (κ2) is 9.01. The monoisotopic (exact) mass is 390 g/mol. The van der Waals surface area contributed by atoms with Gasteiger partial charge in [-0.05, 0) is 62.2 Å². The van der Waals surface area contributed by atoms with Crippen LogP contribution in [0.4, 0.5) is 5.69 Å². The molecule has 2 rings (SSSR count). The van der Waals surface area contributed by atoms with Gasteiger partial charge in [-0.1, -0.05) is 12.1 Å². The van der Waals surface area contributed by atoms with Crippen LogP contribution in [0.15, 0.2) is 53.4 Å². The largest absolute Gasteiger partial charge is 0.497 e. The number of ether oxygens (including phenoxy) is 1. The van der Waals surface area contributed by atoms with Crippen molar-refractivity contribution in [1.29, 1.82) is 0 Å². The Hall–Kier alpha value is -2.38. The van der Waals surface area contributed by atoms with E-state index in [1.165, 1.54) is 0 Å². The van der Waals surface area contributed by atoms with E-state index in [1.54, 1.807) is 57.2 Å². The molecule has 0 aliphatic heterocycles. The molecular formula is C20H26N2O4S. The van der Waals surface area contributed by atoms with Crippen molar-refractivity contribution >= 4 is 21.6 Å². The molecular weight excluding hydrogens is 364 g/mol. The molecule has 0 radical (unpaired) electrons. The summed E-state index contributed by atoms with van der Waals surface area (Å²) in [5, 5.41) is 0. The van der Waals surface area contributed by atoms with Gasteiger partial charge in [0.1, 0.15) is 5.75 Å². The first kappa shape index (κ1) is 20.9. The number of hydrogen-bond acceptors (Lipinski definition) is 4. The van der Waals surface area contributed by atoms with Gasteiger partial charge in [-0.2, -0.15) is 0 Å². The van der Waals surface area contributed by atoms with Crippen LogP contribution in [0.5, 0.6) is 5.75 Å². The lowest BCUT2D eigenvalue weighted by Crippen LogP contribution is -2.30. The predicted molar refractivity (Wildman–Crippen MR) is 107 cm³/mol. The minimum Gasteiger partial charge on any atom is -0.497 e. The van der Waals surface area contributed by atoms with E-state index in [4.69, 9.17) is 4.74 Å². The van der Waals surface area contributed by atoms with Crippen molar-refractivity contribution in [2.75, 3.05) is 19.1 Å². The van der Waals surface area contributed by atoms with Gasteiger partial charge in [0.05, 0.1) is 12.0 Å². The third kappa shape index (κ3) is 5.80. The second-order valence-electron chi connectivity index (χ2n) is 6.57. The lowest BCUT2D eigenvalue weighted by Gasteiger charge is -2.17. The summed E-state index contributed by atoms with van der Waals surface area (Å²) in [7, 11) is -0.168. The number of carbonyl (C=O) groups excluding carboxylic acids is 1. The molecule has 27 heavy (non-hydrogen) atoms. The summed E-state index contributed by atoms with van der Waals surface area (Å²) in [5.41, 5.74) is 1.71. The van der Waals surface area contributed by atoms with Crippen LogP contribution in [0.1, 0.15) is 25.8 Å². The summed E-state index contributed by atoms with van der Waals surface area (Å²) < 4.78 is 31.9. The third-order valence-electron chi connectivity index (χ3n) is 4.09. The van der Waals surface area contributed by atoms with Crippen LogP contribution in [0.2, 0.25) is 0 Å². The highest BCUT2D eigenvalue weighted by Crippen LogP contribution is 2.19. The molecule has 0 heterocycles. The first-order valence-electron chi connectivity index (χ1n) is 8.75. The highest BCUT2D eigenvalue weighted by molar-refractivity contribution is 7.89. The van der Waals surface area contributed by atoms with E-state index in [2.05, 4.69) is 4.72 Å². The molecule has 0 aromatic heterocycles. The van der Waals surface area contributed by atoms with Crippen molar-refractivity contribution in [3.8, 4) is 5.75 Å². The maximum atomic E-state index is 12.4. The number of sulfonamides is 1. The van der Waals surface area contributed by atoms with Crippen LogP contribution < -0.4 is 14.4 Å². The van der Waals surface area contributed by atoms with Gasteiger partial charge in [-0.25, -0.2) is 13.1 Å². The Labute approximate surface area is 161 Å². The van der Waals surface area contributed by atoms with Gasteiger partial charge in [-0.15, -0.1) is 0 Å². The molecule has 0 bridgehead atoms. The second-order valence-corrected chi connectivity index (χ2v) is 8.28. The smallest absolute Gasteiger partial charge is 0.240 e. The van der Waals surface area contributed by atoms with Gasteiger partial charge in [0.15, 0.2) is 0 Å². The number of anilines is 1. The van der Waals surface area contributed by atoms with Crippen molar-refractivity contribution in [3.05, 3.63) is 54.1 Å². The lowest BCUT2D eigenvalue weighted by atomic mass is 10.1. The minimum atomic E-state index is -3.50. The third-order valence-corrected chi connectivity index (χ3v) is 5.76. The summed E-state index contributed by atoms with van der Waals surface area (Å²) in [6.45, 7) is 3.55. The Balaban J connectivity index is 1.96. The van der Waals surface area contributed by atoms with Gasteiger partial charge < -0.3 is 9.64 Å². The van der Waals surface area contributed by atoms with E-state index in [9.17, 15) is 13.2 Å². The molecule has 0 atom stereocenters. The number of nitrogens with zero attached hydrogens (tertiary/aromatic N) is 1. The van der Waals surface area contributed by atoms with Crippen LogP contribution in [0, 0.1) is 0 Å². The number of aryl methyl sites for hydroxylation is 1. The van der Waals surface area contributed by atoms with Crippen LogP contribution in [-0.2, 0) is 21.2 Å². The fourth-order valence-corrected chi connectivity index (χ4v) is 3.83. The standard InChI is InChI=1S/C20H26N2O4S/c1-15(2)21-27(24,25)19-12-5-16(6-13-19)7-14-20(23)22(3)17-8-10-18(26-4)11-9-17/h5-6,8-13,15,21H,7,14H2,1-4H3. The summed E-state index contributed by atoms with van der Waals surface area (Å²) in [4.78, 5) is 14.2. The molecule has 2 aromatic rings. The molecule has 146 valence electrons. The zero-order valence-corrected chi connectivity index (χ0v) is 16.9. The first-order chi connectivity index (χ1) is 12.7. The maximum Gasteiger partial charge on any atom is 0.240 e. The fourth-order valence-electron chi connectivity index (χ4n) is 2.58. The van der Waals surface area contributed by atoms with Crippen LogP contribution >= 0.6 is 0 Å². The van der Waals surface area contributed by atoms with Crippen LogP contribution in [-0.4, -0.2) is 34.5 Å². The molecule has 0 spiro atoms.